The number of piperidine rings is 1. The molecule has 3 aliphatic carbocycles. The second kappa shape index (κ2) is 3.42. The van der Waals surface area contributed by atoms with Gasteiger partial charge in [0, 0.05) is 12.6 Å². The van der Waals surface area contributed by atoms with E-state index in [0.29, 0.717) is 18.8 Å². The van der Waals surface area contributed by atoms with E-state index in [9.17, 15) is 14.7 Å². The highest BCUT2D eigenvalue weighted by Gasteiger charge is 2.72. The Hall–Kier alpha value is -1.30. The van der Waals surface area contributed by atoms with Gasteiger partial charge in [-0.25, -0.2) is 4.79 Å². The SMILES string of the molecule is O=C(N[C@@H]1C[C@@]2(C(=O)O)C[C@@H]12)N1C[C@@H]2C[C@@H](O)[C@H]1C2. The van der Waals surface area contributed by atoms with Crippen molar-refractivity contribution in [2.75, 3.05) is 6.54 Å². The number of nitrogens with one attached hydrogen (secondary N) is 1. The zero-order valence-electron chi connectivity index (χ0n) is 10.6. The van der Waals surface area contributed by atoms with Gasteiger partial charge in [-0.2, -0.15) is 0 Å². The van der Waals surface area contributed by atoms with Crippen LogP contribution in [0.1, 0.15) is 25.7 Å². The smallest absolute Gasteiger partial charge is 0.317 e. The van der Waals surface area contributed by atoms with Crippen LogP contribution < -0.4 is 5.32 Å². The molecule has 3 N–H and O–H groups in total. The number of rotatable bonds is 2. The van der Waals surface area contributed by atoms with Crippen LogP contribution in [0, 0.1) is 17.3 Å². The maximum Gasteiger partial charge on any atom is 0.317 e. The first kappa shape index (κ1) is 11.5. The summed E-state index contributed by atoms with van der Waals surface area (Å²) in [5, 5.41) is 21.8. The van der Waals surface area contributed by atoms with Gasteiger partial charge in [0.25, 0.3) is 0 Å². The third kappa shape index (κ3) is 1.40. The third-order valence-electron chi connectivity index (χ3n) is 5.65. The fraction of sp³-hybridized carbons (Fsp3) is 0.846. The van der Waals surface area contributed by atoms with Crippen LogP contribution in [0.2, 0.25) is 0 Å². The predicted molar refractivity (Wildman–Crippen MR) is 64.3 cm³/mol. The lowest BCUT2D eigenvalue weighted by molar-refractivity contribution is -0.147. The van der Waals surface area contributed by atoms with Crippen LogP contribution in [0.4, 0.5) is 4.79 Å². The number of likely N-dealkylation sites (tertiary alicyclic amines) is 1. The minimum atomic E-state index is -0.723. The molecule has 0 aromatic heterocycles. The van der Waals surface area contributed by atoms with E-state index in [1.807, 2.05) is 0 Å². The molecule has 0 unspecified atom stereocenters. The van der Waals surface area contributed by atoms with Crippen LogP contribution in [0.5, 0.6) is 0 Å². The van der Waals surface area contributed by atoms with Gasteiger partial charge in [-0.1, -0.05) is 0 Å². The highest BCUT2D eigenvalue weighted by molar-refractivity contribution is 5.82. The normalized spacial score (nSPS) is 49.5. The van der Waals surface area contributed by atoms with Crippen LogP contribution in [0.15, 0.2) is 0 Å². The second-order valence-corrected chi connectivity index (χ2v) is 6.66. The van der Waals surface area contributed by atoms with Gasteiger partial charge in [0.05, 0.1) is 17.6 Å². The van der Waals surface area contributed by atoms with E-state index in [4.69, 9.17) is 5.11 Å². The van der Waals surface area contributed by atoms with E-state index >= 15 is 0 Å². The van der Waals surface area contributed by atoms with E-state index in [0.717, 1.165) is 19.4 Å². The summed E-state index contributed by atoms with van der Waals surface area (Å²) in [6.07, 6.45) is 2.58. The number of urea groups is 1. The standard InChI is InChI=1S/C13H18N2O4/c16-10-2-6-1-9(10)15(5-6)12(19)14-8-4-13(11(17)18)3-7(8)13/h6-10,16H,1-5H2,(H,14,19)(H,17,18)/t6-,7-,8+,9+,10+,13-/m0/s1. The Bertz CT molecular complexity index is 468. The molecule has 6 nitrogen and oxygen atoms in total. The third-order valence-corrected chi connectivity index (χ3v) is 5.65. The number of aliphatic hydroxyl groups is 1. The molecule has 0 radical (unpaired) electrons. The van der Waals surface area contributed by atoms with Crippen molar-refractivity contribution in [2.45, 2.75) is 43.9 Å². The molecular formula is C13H18N2O4. The molecule has 0 aromatic carbocycles. The van der Waals surface area contributed by atoms with Crippen LogP contribution >= 0.6 is 0 Å². The van der Waals surface area contributed by atoms with E-state index in [1.165, 1.54) is 0 Å². The zero-order valence-corrected chi connectivity index (χ0v) is 10.6. The van der Waals surface area contributed by atoms with Gasteiger partial charge in [0.2, 0.25) is 0 Å². The molecule has 4 aliphatic rings. The van der Waals surface area contributed by atoms with Crippen LogP contribution in [-0.2, 0) is 4.79 Å². The number of aliphatic hydroxyl groups excluding tert-OH is 1. The van der Waals surface area contributed by atoms with Gasteiger partial charge in [0.15, 0.2) is 0 Å². The largest absolute Gasteiger partial charge is 0.481 e. The molecule has 2 bridgehead atoms. The van der Waals surface area contributed by atoms with E-state index < -0.39 is 11.4 Å². The van der Waals surface area contributed by atoms with Crippen molar-refractivity contribution in [1.82, 2.24) is 10.2 Å². The van der Waals surface area contributed by atoms with Crippen molar-refractivity contribution in [3.8, 4) is 0 Å². The molecule has 0 aromatic rings. The van der Waals surface area contributed by atoms with Crippen molar-refractivity contribution < 1.29 is 19.8 Å². The zero-order chi connectivity index (χ0) is 13.4. The molecule has 0 spiro atoms. The average Bonchev–Trinajstić information content (AvgIpc) is 2.67. The molecule has 4 fully saturated rings. The van der Waals surface area contributed by atoms with Crippen LogP contribution in [0.3, 0.4) is 0 Å². The Labute approximate surface area is 110 Å². The van der Waals surface area contributed by atoms with Crippen molar-refractivity contribution >= 4 is 12.0 Å². The number of carboxylic acid groups (broad SMARTS) is 1. The highest BCUT2D eigenvalue weighted by atomic mass is 16.4. The number of nitrogens with zero attached hydrogens (tertiary/aromatic N) is 1. The van der Waals surface area contributed by atoms with Crippen molar-refractivity contribution in [3.05, 3.63) is 0 Å². The van der Waals surface area contributed by atoms with E-state index in [-0.39, 0.29) is 30.1 Å². The van der Waals surface area contributed by atoms with Crippen molar-refractivity contribution in [3.63, 3.8) is 0 Å². The molecular weight excluding hydrogens is 248 g/mol. The second-order valence-electron chi connectivity index (χ2n) is 6.66. The molecule has 2 amide bonds. The topological polar surface area (TPSA) is 89.9 Å². The number of carbonyl (C=O) groups excluding carboxylic acids is 1. The Morgan fingerprint density at radius 2 is 2.05 bits per heavy atom. The summed E-state index contributed by atoms with van der Waals surface area (Å²) >= 11 is 0. The fourth-order valence-corrected chi connectivity index (χ4v) is 4.42. The summed E-state index contributed by atoms with van der Waals surface area (Å²) in [5.41, 5.74) is -0.526. The maximum absolute atomic E-state index is 12.2. The fourth-order valence-electron chi connectivity index (χ4n) is 4.42. The highest BCUT2D eigenvalue weighted by Crippen LogP contribution is 2.67. The summed E-state index contributed by atoms with van der Waals surface area (Å²) < 4.78 is 0. The Kier molecular flexibility index (Phi) is 2.07. The quantitative estimate of drug-likeness (QED) is 0.657. The summed E-state index contributed by atoms with van der Waals surface area (Å²) in [5.74, 6) is -0.163. The molecule has 6 heteroatoms. The van der Waals surface area contributed by atoms with Crippen LogP contribution in [-0.4, -0.2) is 51.8 Å². The minimum absolute atomic E-state index is 0.0138. The average molecular weight is 266 g/mol. The first-order valence-corrected chi connectivity index (χ1v) is 7.00. The first-order chi connectivity index (χ1) is 9.01. The lowest BCUT2D eigenvalue weighted by Crippen LogP contribution is -2.55. The maximum atomic E-state index is 12.2. The number of hydrogen-bond donors (Lipinski definition) is 3. The van der Waals surface area contributed by atoms with Gasteiger partial charge in [0.1, 0.15) is 0 Å². The van der Waals surface area contributed by atoms with E-state index in [1.54, 1.807) is 4.90 Å². The Morgan fingerprint density at radius 1 is 1.26 bits per heavy atom. The molecule has 3 saturated carbocycles. The first-order valence-electron chi connectivity index (χ1n) is 7.00. The molecule has 1 heterocycles. The predicted octanol–water partition coefficient (Wildman–Crippen LogP) is 0.0143. The van der Waals surface area contributed by atoms with E-state index in [2.05, 4.69) is 5.32 Å². The van der Waals surface area contributed by atoms with Crippen molar-refractivity contribution in [2.24, 2.45) is 17.3 Å². The summed E-state index contributed by atoms with van der Waals surface area (Å²) in [6.45, 7) is 0.731. The number of fused-ring (bicyclic) bond motifs is 3. The van der Waals surface area contributed by atoms with Gasteiger partial charge >= 0.3 is 12.0 Å². The lowest BCUT2D eigenvalue weighted by atomic mass is 9.80. The monoisotopic (exact) mass is 266 g/mol. The molecule has 6 atom stereocenters. The summed E-state index contributed by atoms with van der Waals surface area (Å²) in [4.78, 5) is 24.9. The van der Waals surface area contributed by atoms with Gasteiger partial charge in [-0.15, -0.1) is 0 Å². The number of aliphatic carboxylic acids is 1. The summed E-state index contributed by atoms with van der Waals surface area (Å²) in [7, 11) is 0. The van der Waals surface area contributed by atoms with Gasteiger partial charge < -0.3 is 20.4 Å². The minimum Gasteiger partial charge on any atom is -0.481 e. The lowest BCUT2D eigenvalue weighted by Gasteiger charge is -2.36. The number of hydrogen-bond acceptors (Lipinski definition) is 3. The van der Waals surface area contributed by atoms with Gasteiger partial charge in [-0.05, 0) is 37.5 Å². The Morgan fingerprint density at radius 3 is 2.58 bits per heavy atom. The summed E-state index contributed by atoms with van der Waals surface area (Å²) in [6, 6.07) is -0.143. The van der Waals surface area contributed by atoms with Crippen LogP contribution in [0.25, 0.3) is 0 Å². The molecule has 1 saturated heterocycles. The van der Waals surface area contributed by atoms with Crippen molar-refractivity contribution in [1.29, 1.82) is 0 Å². The molecule has 19 heavy (non-hydrogen) atoms. The number of carbonyl (C=O) groups is 2. The number of amides is 2. The molecule has 4 rings (SSSR count). The molecule has 104 valence electrons. The Balaban J connectivity index is 1.36. The van der Waals surface area contributed by atoms with Gasteiger partial charge in [-0.3, -0.25) is 4.79 Å². The molecule has 1 aliphatic heterocycles. The number of carboxylic acids is 1.